The lowest BCUT2D eigenvalue weighted by Crippen LogP contribution is -2.31. The van der Waals surface area contributed by atoms with E-state index in [0.717, 1.165) is 23.4 Å². The monoisotopic (exact) mass is 271 g/mol. The van der Waals surface area contributed by atoms with Crippen LogP contribution in [0.2, 0.25) is 0 Å². The summed E-state index contributed by atoms with van der Waals surface area (Å²) in [5.74, 6) is 1.51. The summed E-state index contributed by atoms with van der Waals surface area (Å²) >= 11 is 3.38. The number of halogens is 1. The predicted octanol–water partition coefficient (Wildman–Crippen LogP) is 2.27. The van der Waals surface area contributed by atoms with Crippen LogP contribution < -0.4 is 10.6 Å². The largest absolute Gasteiger partial charge is 0.357 e. The standard InChI is InChI=1S/C11H18BrN3/c1-3-15(8-9(2)6-13)11-5-4-10(12)7-14-11/h4-5,7,9H,3,6,8,13H2,1-2H3. The van der Waals surface area contributed by atoms with Gasteiger partial charge in [-0.3, -0.25) is 0 Å². The number of nitrogens with zero attached hydrogens (tertiary/aromatic N) is 2. The normalized spacial score (nSPS) is 12.5. The first kappa shape index (κ1) is 12.5. The van der Waals surface area contributed by atoms with E-state index in [1.54, 1.807) is 0 Å². The Kier molecular flexibility index (Phi) is 5.05. The van der Waals surface area contributed by atoms with E-state index < -0.39 is 0 Å². The molecule has 0 aliphatic carbocycles. The SMILES string of the molecule is CCN(CC(C)CN)c1ccc(Br)cn1. The number of nitrogens with two attached hydrogens (primary N) is 1. The molecule has 0 spiro atoms. The van der Waals surface area contributed by atoms with Crippen molar-refractivity contribution in [2.24, 2.45) is 11.7 Å². The molecule has 15 heavy (non-hydrogen) atoms. The lowest BCUT2D eigenvalue weighted by atomic mass is 10.1. The van der Waals surface area contributed by atoms with Crippen molar-refractivity contribution in [2.75, 3.05) is 24.5 Å². The van der Waals surface area contributed by atoms with Crippen molar-refractivity contribution < 1.29 is 0 Å². The van der Waals surface area contributed by atoms with Crippen molar-refractivity contribution in [1.29, 1.82) is 0 Å². The number of hydrogen-bond donors (Lipinski definition) is 1. The molecule has 1 aromatic heterocycles. The predicted molar refractivity (Wildman–Crippen MR) is 68.0 cm³/mol. The molecule has 0 fully saturated rings. The fraction of sp³-hybridized carbons (Fsp3) is 0.545. The third-order valence-electron chi connectivity index (χ3n) is 2.35. The smallest absolute Gasteiger partial charge is 0.128 e. The first-order valence-corrected chi connectivity index (χ1v) is 6.03. The van der Waals surface area contributed by atoms with E-state index >= 15 is 0 Å². The average molecular weight is 272 g/mol. The Morgan fingerprint density at radius 1 is 1.53 bits per heavy atom. The van der Waals surface area contributed by atoms with Crippen molar-refractivity contribution in [2.45, 2.75) is 13.8 Å². The molecule has 84 valence electrons. The van der Waals surface area contributed by atoms with Gasteiger partial charge in [-0.2, -0.15) is 0 Å². The van der Waals surface area contributed by atoms with Gasteiger partial charge in [-0.25, -0.2) is 4.98 Å². The molecule has 1 atom stereocenters. The van der Waals surface area contributed by atoms with Gasteiger partial charge in [-0.15, -0.1) is 0 Å². The highest BCUT2D eigenvalue weighted by molar-refractivity contribution is 9.10. The van der Waals surface area contributed by atoms with Gasteiger partial charge in [0, 0.05) is 23.8 Å². The summed E-state index contributed by atoms with van der Waals surface area (Å²) in [5.41, 5.74) is 5.62. The molecular weight excluding hydrogens is 254 g/mol. The second kappa shape index (κ2) is 6.08. The highest BCUT2D eigenvalue weighted by Crippen LogP contribution is 2.15. The Bertz CT molecular complexity index is 286. The molecule has 0 aromatic carbocycles. The van der Waals surface area contributed by atoms with Crippen molar-refractivity contribution >= 4 is 21.7 Å². The van der Waals surface area contributed by atoms with Gasteiger partial charge in [0.25, 0.3) is 0 Å². The van der Waals surface area contributed by atoms with E-state index in [2.05, 4.69) is 39.7 Å². The van der Waals surface area contributed by atoms with Crippen LogP contribution in [0, 0.1) is 5.92 Å². The maximum absolute atomic E-state index is 5.62. The van der Waals surface area contributed by atoms with E-state index in [4.69, 9.17) is 5.73 Å². The summed E-state index contributed by atoms with van der Waals surface area (Å²) in [4.78, 5) is 6.62. The van der Waals surface area contributed by atoms with E-state index in [1.165, 1.54) is 0 Å². The Labute approximate surface area is 99.8 Å². The molecule has 0 saturated heterocycles. The van der Waals surface area contributed by atoms with E-state index in [9.17, 15) is 0 Å². The minimum atomic E-state index is 0.496. The average Bonchev–Trinajstić information content (AvgIpc) is 2.27. The quantitative estimate of drug-likeness (QED) is 0.894. The van der Waals surface area contributed by atoms with Gasteiger partial charge >= 0.3 is 0 Å². The summed E-state index contributed by atoms with van der Waals surface area (Å²) < 4.78 is 1.01. The summed E-state index contributed by atoms with van der Waals surface area (Å²) in [5, 5.41) is 0. The van der Waals surface area contributed by atoms with Gasteiger partial charge in [0.2, 0.25) is 0 Å². The van der Waals surface area contributed by atoms with Crippen molar-refractivity contribution in [1.82, 2.24) is 4.98 Å². The molecular formula is C11H18BrN3. The number of rotatable bonds is 5. The number of hydrogen-bond acceptors (Lipinski definition) is 3. The van der Waals surface area contributed by atoms with Gasteiger partial charge < -0.3 is 10.6 Å². The zero-order valence-electron chi connectivity index (χ0n) is 9.28. The van der Waals surface area contributed by atoms with Crippen LogP contribution >= 0.6 is 15.9 Å². The zero-order chi connectivity index (χ0) is 11.3. The van der Waals surface area contributed by atoms with Crippen LogP contribution in [0.5, 0.6) is 0 Å². The second-order valence-electron chi connectivity index (χ2n) is 3.71. The maximum atomic E-state index is 5.62. The molecule has 3 nitrogen and oxygen atoms in total. The summed E-state index contributed by atoms with van der Waals surface area (Å²) in [6.45, 7) is 6.92. The summed E-state index contributed by atoms with van der Waals surface area (Å²) in [7, 11) is 0. The number of anilines is 1. The fourth-order valence-electron chi connectivity index (χ4n) is 1.39. The molecule has 0 bridgehead atoms. The molecule has 4 heteroatoms. The summed E-state index contributed by atoms with van der Waals surface area (Å²) in [6.07, 6.45) is 1.82. The van der Waals surface area contributed by atoms with Gasteiger partial charge in [0.05, 0.1) is 0 Å². The van der Waals surface area contributed by atoms with Gasteiger partial charge in [0.15, 0.2) is 0 Å². The van der Waals surface area contributed by atoms with Crippen molar-refractivity contribution in [3.8, 4) is 0 Å². The highest BCUT2D eigenvalue weighted by Gasteiger charge is 2.09. The first-order chi connectivity index (χ1) is 7.17. The molecule has 0 saturated carbocycles. The lowest BCUT2D eigenvalue weighted by molar-refractivity contribution is 0.573. The summed E-state index contributed by atoms with van der Waals surface area (Å²) in [6, 6.07) is 4.04. The first-order valence-electron chi connectivity index (χ1n) is 5.24. The topological polar surface area (TPSA) is 42.1 Å². The molecule has 1 unspecified atom stereocenters. The lowest BCUT2D eigenvalue weighted by Gasteiger charge is -2.24. The van der Waals surface area contributed by atoms with Crippen LogP contribution in [0.1, 0.15) is 13.8 Å². The third-order valence-corrected chi connectivity index (χ3v) is 2.82. The van der Waals surface area contributed by atoms with Crippen molar-refractivity contribution in [3.63, 3.8) is 0 Å². The van der Waals surface area contributed by atoms with Crippen LogP contribution in [-0.4, -0.2) is 24.6 Å². The molecule has 0 aliphatic heterocycles. The second-order valence-corrected chi connectivity index (χ2v) is 4.63. The molecule has 1 aromatic rings. The van der Waals surface area contributed by atoms with Crippen molar-refractivity contribution in [3.05, 3.63) is 22.8 Å². The van der Waals surface area contributed by atoms with Crippen LogP contribution in [-0.2, 0) is 0 Å². The molecule has 0 aliphatic rings. The minimum absolute atomic E-state index is 0.496. The zero-order valence-corrected chi connectivity index (χ0v) is 10.9. The number of aromatic nitrogens is 1. The third kappa shape index (κ3) is 3.80. The number of pyridine rings is 1. The van der Waals surface area contributed by atoms with Crippen LogP contribution in [0.3, 0.4) is 0 Å². The van der Waals surface area contributed by atoms with E-state index in [-0.39, 0.29) is 0 Å². The van der Waals surface area contributed by atoms with Crippen LogP contribution in [0.4, 0.5) is 5.82 Å². The van der Waals surface area contributed by atoms with Gasteiger partial charge in [0.1, 0.15) is 5.82 Å². The molecule has 0 amide bonds. The molecule has 0 radical (unpaired) electrons. The van der Waals surface area contributed by atoms with Gasteiger partial charge in [-0.1, -0.05) is 6.92 Å². The van der Waals surface area contributed by atoms with Gasteiger partial charge in [-0.05, 0) is 47.4 Å². The van der Waals surface area contributed by atoms with E-state index in [0.29, 0.717) is 12.5 Å². The minimum Gasteiger partial charge on any atom is -0.357 e. The molecule has 1 rings (SSSR count). The Morgan fingerprint density at radius 3 is 2.73 bits per heavy atom. The Morgan fingerprint density at radius 2 is 2.27 bits per heavy atom. The molecule has 2 N–H and O–H groups in total. The van der Waals surface area contributed by atoms with Crippen LogP contribution in [0.15, 0.2) is 22.8 Å². The maximum Gasteiger partial charge on any atom is 0.128 e. The fourth-order valence-corrected chi connectivity index (χ4v) is 1.62. The highest BCUT2D eigenvalue weighted by atomic mass is 79.9. The van der Waals surface area contributed by atoms with E-state index in [1.807, 2.05) is 18.3 Å². The Hall–Kier alpha value is -0.610. The Balaban J connectivity index is 2.69. The van der Waals surface area contributed by atoms with Crippen LogP contribution in [0.25, 0.3) is 0 Å². The molecule has 1 heterocycles.